The number of hydrogen-bond acceptors (Lipinski definition) is 5. The molecule has 0 saturated heterocycles. The average Bonchev–Trinajstić information content (AvgIpc) is 2.78. The van der Waals surface area contributed by atoms with Crippen LogP contribution in [0.3, 0.4) is 0 Å². The second kappa shape index (κ2) is 5.60. The minimum Gasteiger partial charge on any atom is -0.383 e. The molecule has 96 valence electrons. The van der Waals surface area contributed by atoms with E-state index in [1.54, 1.807) is 7.11 Å². The number of nitrogens with zero attached hydrogens (tertiary/aromatic N) is 2. The Bertz CT molecular complexity index is 345. The van der Waals surface area contributed by atoms with Crippen LogP contribution in [0, 0.1) is 6.92 Å². The maximum absolute atomic E-state index is 5.12. The molecule has 0 aromatic carbocycles. The number of nitrogens with one attached hydrogen (secondary N) is 1. The minimum absolute atomic E-state index is 0.103. The van der Waals surface area contributed by atoms with E-state index in [1.807, 2.05) is 6.92 Å². The molecule has 1 aromatic rings. The van der Waals surface area contributed by atoms with Gasteiger partial charge in [0.15, 0.2) is 5.82 Å². The SMILES string of the molecule is COCCNC1(c2noc(C)n2)CCCCC1. The van der Waals surface area contributed by atoms with Crippen molar-refractivity contribution in [1.29, 1.82) is 0 Å². The number of aryl methyl sites for hydroxylation is 1. The quantitative estimate of drug-likeness (QED) is 0.793. The van der Waals surface area contributed by atoms with Crippen LogP contribution in [0.5, 0.6) is 0 Å². The summed E-state index contributed by atoms with van der Waals surface area (Å²) < 4.78 is 10.2. The van der Waals surface area contributed by atoms with Crippen LogP contribution in [0.2, 0.25) is 0 Å². The molecule has 1 saturated carbocycles. The zero-order valence-corrected chi connectivity index (χ0v) is 10.7. The molecule has 0 radical (unpaired) electrons. The lowest BCUT2D eigenvalue weighted by Gasteiger charge is -2.35. The van der Waals surface area contributed by atoms with Gasteiger partial charge < -0.3 is 14.6 Å². The average molecular weight is 239 g/mol. The molecule has 0 amide bonds. The summed E-state index contributed by atoms with van der Waals surface area (Å²) in [5, 5.41) is 7.66. The lowest BCUT2D eigenvalue weighted by Crippen LogP contribution is -2.46. The third-order valence-corrected chi connectivity index (χ3v) is 3.43. The fraction of sp³-hybridized carbons (Fsp3) is 0.833. The molecular weight excluding hydrogens is 218 g/mol. The van der Waals surface area contributed by atoms with Crippen molar-refractivity contribution in [2.24, 2.45) is 0 Å². The van der Waals surface area contributed by atoms with Gasteiger partial charge in [-0.15, -0.1) is 0 Å². The van der Waals surface area contributed by atoms with Gasteiger partial charge in [0.05, 0.1) is 12.1 Å². The molecule has 1 aliphatic rings. The second-order valence-electron chi connectivity index (χ2n) is 4.70. The monoisotopic (exact) mass is 239 g/mol. The van der Waals surface area contributed by atoms with Gasteiger partial charge in [0.25, 0.3) is 0 Å². The molecule has 0 unspecified atom stereocenters. The molecule has 1 N–H and O–H groups in total. The molecular formula is C12H21N3O2. The molecule has 1 heterocycles. The van der Waals surface area contributed by atoms with E-state index in [9.17, 15) is 0 Å². The van der Waals surface area contributed by atoms with Crippen molar-refractivity contribution in [3.05, 3.63) is 11.7 Å². The second-order valence-corrected chi connectivity index (χ2v) is 4.70. The Kier molecular flexibility index (Phi) is 4.12. The van der Waals surface area contributed by atoms with Gasteiger partial charge in [0, 0.05) is 20.6 Å². The summed E-state index contributed by atoms with van der Waals surface area (Å²) in [6.07, 6.45) is 5.89. The van der Waals surface area contributed by atoms with E-state index in [1.165, 1.54) is 19.3 Å². The fourth-order valence-electron chi connectivity index (χ4n) is 2.52. The van der Waals surface area contributed by atoms with E-state index in [2.05, 4.69) is 15.5 Å². The van der Waals surface area contributed by atoms with E-state index in [4.69, 9.17) is 9.26 Å². The van der Waals surface area contributed by atoms with Crippen molar-refractivity contribution in [1.82, 2.24) is 15.5 Å². The molecule has 2 rings (SSSR count). The van der Waals surface area contributed by atoms with E-state index in [0.29, 0.717) is 12.5 Å². The molecule has 5 heteroatoms. The van der Waals surface area contributed by atoms with Gasteiger partial charge in [0.2, 0.25) is 5.89 Å². The Hall–Kier alpha value is -0.940. The first kappa shape index (κ1) is 12.5. The summed E-state index contributed by atoms with van der Waals surface area (Å²) in [5.74, 6) is 1.45. The van der Waals surface area contributed by atoms with Crippen LogP contribution in [0.15, 0.2) is 4.52 Å². The van der Waals surface area contributed by atoms with Gasteiger partial charge in [-0.25, -0.2) is 0 Å². The first-order chi connectivity index (χ1) is 8.27. The number of hydrogen-bond donors (Lipinski definition) is 1. The summed E-state index contributed by atoms with van der Waals surface area (Å²) in [5.41, 5.74) is -0.103. The Labute approximate surface area is 102 Å². The highest BCUT2D eigenvalue weighted by Crippen LogP contribution is 2.35. The summed E-state index contributed by atoms with van der Waals surface area (Å²) in [4.78, 5) is 4.40. The third kappa shape index (κ3) is 2.84. The van der Waals surface area contributed by atoms with Gasteiger partial charge in [-0.1, -0.05) is 24.4 Å². The number of aromatic nitrogens is 2. The topological polar surface area (TPSA) is 60.2 Å². The summed E-state index contributed by atoms with van der Waals surface area (Å²) in [7, 11) is 1.72. The first-order valence-corrected chi connectivity index (χ1v) is 6.32. The lowest BCUT2D eigenvalue weighted by atomic mass is 9.81. The smallest absolute Gasteiger partial charge is 0.223 e. The van der Waals surface area contributed by atoms with Crippen molar-refractivity contribution < 1.29 is 9.26 Å². The van der Waals surface area contributed by atoms with Crippen LogP contribution >= 0.6 is 0 Å². The standard InChI is InChI=1S/C12H21N3O2/c1-10-14-11(15-17-10)12(13-8-9-16-2)6-4-3-5-7-12/h13H,3-9H2,1-2H3. The molecule has 1 aliphatic carbocycles. The summed E-state index contributed by atoms with van der Waals surface area (Å²) in [6, 6.07) is 0. The maximum Gasteiger partial charge on any atom is 0.223 e. The van der Waals surface area contributed by atoms with Crippen LogP contribution in [-0.2, 0) is 10.3 Å². The minimum atomic E-state index is -0.103. The van der Waals surface area contributed by atoms with Crippen LogP contribution in [0.1, 0.15) is 43.8 Å². The third-order valence-electron chi connectivity index (χ3n) is 3.43. The Balaban J connectivity index is 2.11. The Morgan fingerprint density at radius 1 is 1.35 bits per heavy atom. The van der Waals surface area contributed by atoms with Gasteiger partial charge in [0.1, 0.15) is 0 Å². The Morgan fingerprint density at radius 3 is 2.71 bits per heavy atom. The van der Waals surface area contributed by atoms with E-state index in [-0.39, 0.29) is 5.54 Å². The van der Waals surface area contributed by atoms with Gasteiger partial charge >= 0.3 is 0 Å². The molecule has 0 aliphatic heterocycles. The molecule has 1 fully saturated rings. The van der Waals surface area contributed by atoms with Crippen LogP contribution in [-0.4, -0.2) is 30.4 Å². The van der Waals surface area contributed by atoms with Crippen LogP contribution < -0.4 is 5.32 Å². The van der Waals surface area contributed by atoms with E-state index in [0.717, 1.165) is 25.2 Å². The number of methoxy groups -OCH3 is 1. The van der Waals surface area contributed by atoms with Crippen molar-refractivity contribution in [2.75, 3.05) is 20.3 Å². The molecule has 0 spiro atoms. The molecule has 0 atom stereocenters. The van der Waals surface area contributed by atoms with Crippen LogP contribution in [0.25, 0.3) is 0 Å². The van der Waals surface area contributed by atoms with Crippen molar-refractivity contribution in [3.8, 4) is 0 Å². The first-order valence-electron chi connectivity index (χ1n) is 6.32. The highest BCUT2D eigenvalue weighted by Gasteiger charge is 2.37. The Morgan fingerprint density at radius 2 is 2.12 bits per heavy atom. The molecule has 17 heavy (non-hydrogen) atoms. The highest BCUT2D eigenvalue weighted by molar-refractivity contribution is 5.06. The van der Waals surface area contributed by atoms with E-state index >= 15 is 0 Å². The zero-order valence-electron chi connectivity index (χ0n) is 10.7. The zero-order chi connectivity index (χ0) is 12.1. The summed E-state index contributed by atoms with van der Waals surface area (Å²) in [6.45, 7) is 3.37. The molecule has 5 nitrogen and oxygen atoms in total. The van der Waals surface area contributed by atoms with Crippen molar-refractivity contribution in [3.63, 3.8) is 0 Å². The maximum atomic E-state index is 5.12. The number of ether oxygens (including phenoxy) is 1. The number of rotatable bonds is 5. The van der Waals surface area contributed by atoms with Gasteiger partial charge in [-0.3, -0.25) is 0 Å². The van der Waals surface area contributed by atoms with Crippen molar-refractivity contribution >= 4 is 0 Å². The normalized spacial score (nSPS) is 19.4. The van der Waals surface area contributed by atoms with E-state index < -0.39 is 0 Å². The highest BCUT2D eigenvalue weighted by atomic mass is 16.5. The molecule has 1 aromatic heterocycles. The van der Waals surface area contributed by atoms with Gasteiger partial charge in [-0.05, 0) is 12.8 Å². The van der Waals surface area contributed by atoms with Crippen LogP contribution in [0.4, 0.5) is 0 Å². The predicted octanol–water partition coefficient (Wildman–Crippen LogP) is 1.77. The largest absolute Gasteiger partial charge is 0.383 e. The summed E-state index contributed by atoms with van der Waals surface area (Å²) >= 11 is 0. The van der Waals surface area contributed by atoms with Gasteiger partial charge in [-0.2, -0.15) is 4.98 Å². The molecule has 0 bridgehead atoms. The van der Waals surface area contributed by atoms with Crippen molar-refractivity contribution in [2.45, 2.75) is 44.6 Å². The predicted molar refractivity (Wildman–Crippen MR) is 63.7 cm³/mol. The fourth-order valence-corrected chi connectivity index (χ4v) is 2.52. The lowest BCUT2D eigenvalue weighted by molar-refractivity contribution is 0.160.